The van der Waals surface area contributed by atoms with Crippen LogP contribution >= 0.6 is 0 Å². The van der Waals surface area contributed by atoms with E-state index in [1.54, 1.807) is 6.07 Å². The van der Waals surface area contributed by atoms with E-state index in [0.717, 1.165) is 56.1 Å². The number of nitrogens with zero attached hydrogens (tertiary/aromatic N) is 1. The maximum Gasteiger partial charge on any atom is 0.169 e. The van der Waals surface area contributed by atoms with E-state index in [0.29, 0.717) is 18.5 Å². The Hall–Kier alpha value is -2.73. The molecule has 3 N–H and O–H groups in total. The van der Waals surface area contributed by atoms with E-state index < -0.39 is 5.82 Å². The van der Waals surface area contributed by atoms with Crippen molar-refractivity contribution in [3.63, 3.8) is 0 Å². The second-order valence-electron chi connectivity index (χ2n) is 8.45. The van der Waals surface area contributed by atoms with Gasteiger partial charge in [0.05, 0.1) is 5.56 Å². The number of nitrogen functional groups attached to an aromatic ring is 1. The van der Waals surface area contributed by atoms with Crippen LogP contribution in [0, 0.1) is 17.7 Å². The molecule has 1 aliphatic carbocycles. The molecule has 2 aromatic carbocycles. The smallest absolute Gasteiger partial charge is 0.169 e. The monoisotopic (exact) mass is 410 g/mol. The molecule has 0 saturated carbocycles. The molecular weight excluding hydrogens is 383 g/mol. The number of fused-ring (bicyclic) bond motifs is 1. The summed E-state index contributed by atoms with van der Waals surface area (Å²) in [5, 5.41) is 9.87. The molecule has 1 atom stereocenters. The number of carbonyl (C=O) groups is 2. The van der Waals surface area contributed by atoms with Crippen molar-refractivity contribution in [1.29, 1.82) is 0 Å². The maximum atomic E-state index is 13.2. The molecule has 158 valence electrons. The zero-order valence-electron chi connectivity index (χ0n) is 16.9. The van der Waals surface area contributed by atoms with Crippen LogP contribution in [0.4, 0.5) is 10.1 Å². The highest BCUT2D eigenvalue weighted by atomic mass is 19.1. The van der Waals surface area contributed by atoms with Crippen LogP contribution in [0.5, 0.6) is 5.75 Å². The minimum Gasteiger partial charge on any atom is -0.507 e. The first kappa shape index (κ1) is 20.5. The van der Waals surface area contributed by atoms with Crippen LogP contribution in [-0.4, -0.2) is 41.2 Å². The van der Waals surface area contributed by atoms with Gasteiger partial charge >= 0.3 is 0 Å². The molecule has 1 unspecified atom stereocenters. The molecule has 0 aromatic heterocycles. The summed E-state index contributed by atoms with van der Waals surface area (Å²) in [6.45, 7) is 2.39. The number of phenols is 1. The predicted molar refractivity (Wildman–Crippen MR) is 113 cm³/mol. The molecule has 0 bridgehead atoms. The van der Waals surface area contributed by atoms with E-state index in [9.17, 15) is 19.1 Å². The topological polar surface area (TPSA) is 83.6 Å². The third-order valence-electron chi connectivity index (χ3n) is 6.51. The van der Waals surface area contributed by atoms with Gasteiger partial charge in [0.15, 0.2) is 11.6 Å². The Morgan fingerprint density at radius 2 is 1.90 bits per heavy atom. The van der Waals surface area contributed by atoms with E-state index in [1.807, 2.05) is 12.1 Å². The van der Waals surface area contributed by atoms with Crippen molar-refractivity contribution in [1.82, 2.24) is 4.90 Å². The summed E-state index contributed by atoms with van der Waals surface area (Å²) in [6, 6.07) is 9.15. The van der Waals surface area contributed by atoms with E-state index in [2.05, 4.69) is 4.90 Å². The van der Waals surface area contributed by atoms with Crippen LogP contribution in [0.1, 0.15) is 52.0 Å². The molecule has 1 saturated heterocycles. The Kier molecular flexibility index (Phi) is 5.86. The number of halogens is 1. The standard InChI is InChI=1S/C24H27FN2O3/c25-18-4-6-20(22(28)13-18)23(29)17-8-11-27(12-9-17)10-7-16-2-1-15-3-5-19(26)14-21(15)24(16)30/h3-6,13-14,16-17,28H,1-2,7-12,26H2. The summed E-state index contributed by atoms with van der Waals surface area (Å²) < 4.78 is 13.2. The van der Waals surface area contributed by atoms with Gasteiger partial charge in [-0.25, -0.2) is 4.39 Å². The Morgan fingerprint density at radius 1 is 1.13 bits per heavy atom. The molecule has 6 heteroatoms. The molecule has 2 aromatic rings. The van der Waals surface area contributed by atoms with Gasteiger partial charge in [-0.3, -0.25) is 9.59 Å². The number of piperidine rings is 1. The highest BCUT2D eigenvalue weighted by Crippen LogP contribution is 2.31. The molecule has 0 radical (unpaired) electrons. The number of aromatic hydroxyl groups is 1. The maximum absolute atomic E-state index is 13.2. The Morgan fingerprint density at radius 3 is 2.63 bits per heavy atom. The normalized spacial score (nSPS) is 20.2. The zero-order chi connectivity index (χ0) is 21.3. The molecule has 0 spiro atoms. The van der Waals surface area contributed by atoms with Crippen molar-refractivity contribution in [3.8, 4) is 5.75 Å². The number of phenolic OH excluding ortho intramolecular Hbond substituents is 1. The summed E-state index contributed by atoms with van der Waals surface area (Å²) in [4.78, 5) is 27.8. The summed E-state index contributed by atoms with van der Waals surface area (Å²) in [6.07, 6.45) is 3.99. The predicted octanol–water partition coefficient (Wildman–Crippen LogP) is 3.84. The average molecular weight is 410 g/mol. The van der Waals surface area contributed by atoms with Crippen molar-refractivity contribution in [2.24, 2.45) is 11.8 Å². The number of likely N-dealkylation sites (tertiary alicyclic amines) is 1. The number of Topliss-reactive ketones (excluding diaryl/α,β-unsaturated/α-hetero) is 2. The van der Waals surface area contributed by atoms with Crippen molar-refractivity contribution >= 4 is 17.3 Å². The number of nitrogens with two attached hydrogens (primary N) is 1. The highest BCUT2D eigenvalue weighted by Gasteiger charge is 2.30. The van der Waals surface area contributed by atoms with Crippen LogP contribution in [0.15, 0.2) is 36.4 Å². The van der Waals surface area contributed by atoms with Crippen LogP contribution < -0.4 is 5.73 Å². The van der Waals surface area contributed by atoms with E-state index in [1.165, 1.54) is 12.1 Å². The number of aryl methyl sites for hydroxylation is 1. The second kappa shape index (κ2) is 8.56. The van der Waals surface area contributed by atoms with E-state index >= 15 is 0 Å². The van der Waals surface area contributed by atoms with Crippen molar-refractivity contribution in [2.45, 2.75) is 32.1 Å². The van der Waals surface area contributed by atoms with Gasteiger partial charge in [0.1, 0.15) is 11.6 Å². The number of hydrogen-bond acceptors (Lipinski definition) is 5. The Labute approximate surface area is 175 Å². The quantitative estimate of drug-likeness (QED) is 0.578. The van der Waals surface area contributed by atoms with E-state index in [4.69, 9.17) is 5.73 Å². The molecule has 1 fully saturated rings. The van der Waals surface area contributed by atoms with Crippen molar-refractivity contribution in [3.05, 3.63) is 58.9 Å². The number of benzene rings is 2. The largest absolute Gasteiger partial charge is 0.507 e. The minimum atomic E-state index is -0.554. The van der Waals surface area contributed by atoms with Gasteiger partial charge in [0, 0.05) is 29.2 Å². The number of hydrogen-bond donors (Lipinski definition) is 2. The fraction of sp³-hybridized carbons (Fsp3) is 0.417. The summed E-state index contributed by atoms with van der Waals surface area (Å²) in [7, 11) is 0. The summed E-state index contributed by atoms with van der Waals surface area (Å²) in [5.41, 5.74) is 8.54. The lowest BCUT2D eigenvalue weighted by molar-refractivity contribution is 0.0818. The zero-order valence-corrected chi connectivity index (χ0v) is 16.9. The molecular formula is C24H27FN2O3. The van der Waals surface area contributed by atoms with Crippen LogP contribution in [0.3, 0.4) is 0 Å². The molecule has 5 nitrogen and oxygen atoms in total. The number of ketones is 2. The third-order valence-corrected chi connectivity index (χ3v) is 6.51. The van der Waals surface area contributed by atoms with Gasteiger partial charge < -0.3 is 15.7 Å². The third kappa shape index (κ3) is 4.24. The SMILES string of the molecule is Nc1ccc2c(c1)C(=O)C(CCN1CCC(C(=O)c3ccc(F)cc3O)CC1)CC2. The molecule has 2 aliphatic rings. The first-order valence-electron chi connectivity index (χ1n) is 10.6. The number of carbonyl (C=O) groups excluding carboxylic acids is 2. The van der Waals surface area contributed by atoms with Gasteiger partial charge in [-0.2, -0.15) is 0 Å². The van der Waals surface area contributed by atoms with Gasteiger partial charge in [-0.1, -0.05) is 6.07 Å². The molecule has 1 aliphatic heterocycles. The number of anilines is 1. The molecule has 1 heterocycles. The second-order valence-corrected chi connectivity index (χ2v) is 8.45. The van der Waals surface area contributed by atoms with Gasteiger partial charge in [0.25, 0.3) is 0 Å². The average Bonchev–Trinajstić information content (AvgIpc) is 2.74. The van der Waals surface area contributed by atoms with E-state index in [-0.39, 0.29) is 34.7 Å². The van der Waals surface area contributed by atoms with Gasteiger partial charge in [-0.05, 0) is 81.6 Å². The lowest BCUT2D eigenvalue weighted by atomic mass is 9.80. The van der Waals surface area contributed by atoms with Crippen LogP contribution in [0.2, 0.25) is 0 Å². The van der Waals surface area contributed by atoms with Crippen LogP contribution in [-0.2, 0) is 6.42 Å². The minimum absolute atomic E-state index is 0.0230. The molecule has 30 heavy (non-hydrogen) atoms. The molecule has 0 amide bonds. The fourth-order valence-corrected chi connectivity index (χ4v) is 4.69. The van der Waals surface area contributed by atoms with Gasteiger partial charge in [0.2, 0.25) is 0 Å². The summed E-state index contributed by atoms with van der Waals surface area (Å²) >= 11 is 0. The Bertz CT molecular complexity index is 967. The fourth-order valence-electron chi connectivity index (χ4n) is 4.69. The Balaban J connectivity index is 1.29. The van der Waals surface area contributed by atoms with Crippen molar-refractivity contribution < 1.29 is 19.1 Å². The van der Waals surface area contributed by atoms with Crippen molar-refractivity contribution in [2.75, 3.05) is 25.4 Å². The first-order valence-corrected chi connectivity index (χ1v) is 10.6. The van der Waals surface area contributed by atoms with Gasteiger partial charge in [-0.15, -0.1) is 0 Å². The lowest BCUT2D eigenvalue weighted by Crippen LogP contribution is -2.38. The lowest BCUT2D eigenvalue weighted by Gasteiger charge is -2.33. The first-order chi connectivity index (χ1) is 14.4. The summed E-state index contributed by atoms with van der Waals surface area (Å²) in [5.74, 6) is -0.914. The highest BCUT2D eigenvalue weighted by molar-refractivity contribution is 6.01. The number of rotatable bonds is 5. The molecule has 4 rings (SSSR count). The van der Waals surface area contributed by atoms with Crippen LogP contribution in [0.25, 0.3) is 0 Å².